The first-order valence-electron chi connectivity index (χ1n) is 9.78. The van der Waals surface area contributed by atoms with Crippen molar-refractivity contribution >= 4 is 17.5 Å². The van der Waals surface area contributed by atoms with E-state index in [4.69, 9.17) is 4.52 Å². The third-order valence-electron chi connectivity index (χ3n) is 4.99. The van der Waals surface area contributed by atoms with Crippen molar-refractivity contribution in [3.63, 3.8) is 0 Å². The Morgan fingerprint density at radius 1 is 1.21 bits per heavy atom. The fourth-order valence-corrected chi connectivity index (χ4v) is 3.48. The molecule has 0 radical (unpaired) electrons. The molecular weight excluding hydrogens is 356 g/mol. The van der Waals surface area contributed by atoms with Crippen molar-refractivity contribution in [3.05, 3.63) is 47.3 Å². The van der Waals surface area contributed by atoms with E-state index < -0.39 is 0 Å². The van der Waals surface area contributed by atoms with Crippen LogP contribution in [0.25, 0.3) is 0 Å². The van der Waals surface area contributed by atoms with Gasteiger partial charge in [-0.1, -0.05) is 37.2 Å². The third kappa shape index (κ3) is 4.98. The van der Waals surface area contributed by atoms with Crippen LogP contribution in [0.4, 0.5) is 5.69 Å². The second-order valence-corrected chi connectivity index (χ2v) is 7.60. The lowest BCUT2D eigenvalue weighted by atomic mass is 10.0. The van der Waals surface area contributed by atoms with Crippen molar-refractivity contribution in [2.45, 2.75) is 45.6 Å². The van der Waals surface area contributed by atoms with Gasteiger partial charge in [0.1, 0.15) is 5.56 Å². The van der Waals surface area contributed by atoms with E-state index in [-0.39, 0.29) is 23.8 Å². The SMILES string of the molecule is Cc1noc(C(C)C)c1C(=O)NC1CCN(CC(=O)Nc2ccccc2)CC1. The highest BCUT2D eigenvalue weighted by molar-refractivity contribution is 5.96. The van der Waals surface area contributed by atoms with Crippen LogP contribution in [0.1, 0.15) is 54.4 Å². The van der Waals surface area contributed by atoms with E-state index in [1.807, 2.05) is 44.2 Å². The zero-order chi connectivity index (χ0) is 20.1. The van der Waals surface area contributed by atoms with E-state index >= 15 is 0 Å². The number of aromatic nitrogens is 1. The number of anilines is 1. The minimum Gasteiger partial charge on any atom is -0.360 e. The summed E-state index contributed by atoms with van der Waals surface area (Å²) in [6.07, 6.45) is 1.62. The van der Waals surface area contributed by atoms with Crippen LogP contribution in [0.15, 0.2) is 34.9 Å². The molecule has 0 atom stereocenters. The van der Waals surface area contributed by atoms with Gasteiger partial charge in [-0.05, 0) is 31.9 Å². The number of piperidine rings is 1. The first-order chi connectivity index (χ1) is 13.4. The number of nitrogens with zero attached hydrogens (tertiary/aromatic N) is 2. The summed E-state index contributed by atoms with van der Waals surface area (Å²) in [6.45, 7) is 7.65. The molecule has 3 rings (SSSR count). The quantitative estimate of drug-likeness (QED) is 0.800. The van der Waals surface area contributed by atoms with E-state index in [1.165, 1.54) is 0 Å². The summed E-state index contributed by atoms with van der Waals surface area (Å²) in [5.74, 6) is 0.593. The molecule has 28 heavy (non-hydrogen) atoms. The summed E-state index contributed by atoms with van der Waals surface area (Å²) in [4.78, 5) is 27.0. The zero-order valence-corrected chi connectivity index (χ0v) is 16.7. The molecule has 0 unspecified atom stereocenters. The van der Waals surface area contributed by atoms with Crippen LogP contribution in [0.2, 0.25) is 0 Å². The maximum Gasteiger partial charge on any atom is 0.257 e. The van der Waals surface area contributed by atoms with Gasteiger partial charge in [-0.25, -0.2) is 0 Å². The average Bonchev–Trinajstić information content (AvgIpc) is 3.06. The highest BCUT2D eigenvalue weighted by Crippen LogP contribution is 2.22. The number of likely N-dealkylation sites (tertiary alicyclic amines) is 1. The van der Waals surface area contributed by atoms with Crippen molar-refractivity contribution in [2.24, 2.45) is 0 Å². The van der Waals surface area contributed by atoms with E-state index in [0.717, 1.165) is 31.6 Å². The molecule has 1 aromatic carbocycles. The third-order valence-corrected chi connectivity index (χ3v) is 4.99. The van der Waals surface area contributed by atoms with Gasteiger partial charge in [0.25, 0.3) is 5.91 Å². The number of carbonyl (C=O) groups is 2. The summed E-state index contributed by atoms with van der Waals surface area (Å²) in [5.41, 5.74) is 1.98. The van der Waals surface area contributed by atoms with Gasteiger partial charge >= 0.3 is 0 Å². The second kappa shape index (κ2) is 9.01. The number of aryl methyl sites for hydroxylation is 1. The predicted octanol–water partition coefficient (Wildman–Crippen LogP) is 2.94. The number of rotatable bonds is 6. The van der Waals surface area contributed by atoms with E-state index in [0.29, 0.717) is 23.6 Å². The summed E-state index contributed by atoms with van der Waals surface area (Å²) in [5, 5.41) is 9.95. The van der Waals surface area contributed by atoms with Crippen LogP contribution in [0, 0.1) is 6.92 Å². The molecular formula is C21H28N4O3. The summed E-state index contributed by atoms with van der Waals surface area (Å²) in [7, 11) is 0. The number of carbonyl (C=O) groups excluding carboxylic acids is 2. The first kappa shape index (κ1) is 20.1. The molecule has 1 fully saturated rings. The van der Waals surface area contributed by atoms with Crippen LogP contribution in [-0.2, 0) is 4.79 Å². The Morgan fingerprint density at radius 3 is 2.54 bits per heavy atom. The van der Waals surface area contributed by atoms with Gasteiger partial charge in [-0.3, -0.25) is 14.5 Å². The molecule has 1 aliphatic heterocycles. The number of nitrogens with one attached hydrogen (secondary N) is 2. The Morgan fingerprint density at radius 2 is 1.89 bits per heavy atom. The molecule has 2 aromatic rings. The summed E-state index contributed by atoms with van der Waals surface area (Å²) in [6, 6.07) is 9.54. The molecule has 150 valence electrons. The van der Waals surface area contributed by atoms with Crippen LogP contribution >= 0.6 is 0 Å². The Bertz CT molecular complexity index is 808. The smallest absolute Gasteiger partial charge is 0.257 e. The van der Waals surface area contributed by atoms with Crippen molar-refractivity contribution < 1.29 is 14.1 Å². The monoisotopic (exact) mass is 384 g/mol. The number of benzene rings is 1. The summed E-state index contributed by atoms with van der Waals surface area (Å²) < 4.78 is 5.31. The number of hydrogen-bond donors (Lipinski definition) is 2. The Balaban J connectivity index is 1.47. The molecule has 0 aliphatic carbocycles. The Kier molecular flexibility index (Phi) is 6.46. The predicted molar refractivity (Wildman–Crippen MR) is 107 cm³/mol. The average molecular weight is 384 g/mol. The molecule has 7 heteroatoms. The molecule has 0 bridgehead atoms. The molecule has 0 saturated carbocycles. The standard InChI is InChI=1S/C21H28N4O3/c1-14(2)20-19(15(3)24-28-20)21(27)23-17-9-11-25(12-10-17)13-18(26)22-16-7-5-4-6-8-16/h4-8,14,17H,9-13H2,1-3H3,(H,22,26)(H,23,27). The summed E-state index contributed by atoms with van der Waals surface area (Å²) >= 11 is 0. The fraction of sp³-hybridized carbons (Fsp3) is 0.476. The van der Waals surface area contributed by atoms with E-state index in [2.05, 4.69) is 20.7 Å². The number of hydrogen-bond acceptors (Lipinski definition) is 5. The van der Waals surface area contributed by atoms with Gasteiger partial charge in [0.05, 0.1) is 12.2 Å². The van der Waals surface area contributed by atoms with Crippen molar-refractivity contribution in [1.29, 1.82) is 0 Å². The van der Waals surface area contributed by atoms with Crippen LogP contribution in [0.5, 0.6) is 0 Å². The highest BCUT2D eigenvalue weighted by atomic mass is 16.5. The van der Waals surface area contributed by atoms with Gasteiger partial charge < -0.3 is 15.2 Å². The lowest BCUT2D eigenvalue weighted by molar-refractivity contribution is -0.117. The Labute approximate surface area is 165 Å². The van der Waals surface area contributed by atoms with Crippen molar-refractivity contribution in [2.75, 3.05) is 25.0 Å². The molecule has 7 nitrogen and oxygen atoms in total. The first-order valence-corrected chi connectivity index (χ1v) is 9.78. The molecule has 1 aromatic heterocycles. The van der Waals surface area contributed by atoms with Gasteiger partial charge in [-0.15, -0.1) is 0 Å². The van der Waals surface area contributed by atoms with E-state index in [9.17, 15) is 9.59 Å². The van der Waals surface area contributed by atoms with Crippen molar-refractivity contribution in [1.82, 2.24) is 15.4 Å². The molecule has 1 saturated heterocycles. The molecule has 2 amide bonds. The van der Waals surface area contributed by atoms with Crippen LogP contribution < -0.4 is 10.6 Å². The largest absolute Gasteiger partial charge is 0.360 e. The van der Waals surface area contributed by atoms with Gasteiger partial charge in [0, 0.05) is 30.7 Å². The lowest BCUT2D eigenvalue weighted by Gasteiger charge is -2.31. The lowest BCUT2D eigenvalue weighted by Crippen LogP contribution is -2.46. The molecule has 1 aliphatic rings. The van der Waals surface area contributed by atoms with E-state index in [1.54, 1.807) is 6.92 Å². The zero-order valence-electron chi connectivity index (χ0n) is 16.7. The number of para-hydroxylation sites is 1. The fourth-order valence-electron chi connectivity index (χ4n) is 3.48. The maximum absolute atomic E-state index is 12.7. The van der Waals surface area contributed by atoms with Crippen LogP contribution in [0.3, 0.4) is 0 Å². The highest BCUT2D eigenvalue weighted by Gasteiger charge is 2.27. The topological polar surface area (TPSA) is 87.5 Å². The number of amides is 2. The van der Waals surface area contributed by atoms with Crippen LogP contribution in [-0.4, -0.2) is 47.5 Å². The maximum atomic E-state index is 12.7. The van der Waals surface area contributed by atoms with Gasteiger partial charge in [0.15, 0.2) is 5.76 Å². The molecule has 2 heterocycles. The van der Waals surface area contributed by atoms with Crippen molar-refractivity contribution in [3.8, 4) is 0 Å². The normalized spacial score (nSPS) is 15.6. The van der Waals surface area contributed by atoms with Gasteiger partial charge in [-0.2, -0.15) is 0 Å². The second-order valence-electron chi connectivity index (χ2n) is 7.60. The minimum absolute atomic E-state index is 0.0182. The minimum atomic E-state index is -0.122. The molecule has 2 N–H and O–H groups in total. The Hall–Kier alpha value is -2.67. The van der Waals surface area contributed by atoms with Gasteiger partial charge in [0.2, 0.25) is 5.91 Å². The molecule has 0 spiro atoms.